The van der Waals surface area contributed by atoms with Crippen molar-refractivity contribution in [2.24, 2.45) is 5.92 Å². The van der Waals surface area contributed by atoms with E-state index in [0.717, 1.165) is 0 Å². The lowest BCUT2D eigenvalue weighted by Gasteiger charge is -2.37. The van der Waals surface area contributed by atoms with E-state index >= 15 is 0 Å². The van der Waals surface area contributed by atoms with Gasteiger partial charge in [0.2, 0.25) is 12.3 Å². The van der Waals surface area contributed by atoms with Crippen LogP contribution in [0, 0.1) is 12.8 Å². The van der Waals surface area contributed by atoms with Crippen LogP contribution in [0.5, 0.6) is 0 Å². The molecule has 1 fully saturated rings. The predicted molar refractivity (Wildman–Crippen MR) is 43.8 cm³/mol. The van der Waals surface area contributed by atoms with E-state index in [1.54, 1.807) is 6.92 Å². The van der Waals surface area contributed by atoms with Crippen LogP contribution in [0.4, 0.5) is 8.78 Å². The molecule has 1 aromatic heterocycles. The Morgan fingerprint density at radius 3 is 2.79 bits per heavy atom. The Hall–Kier alpha value is -1.04. The maximum atomic E-state index is 12.1. The largest absolute Gasteiger partial charge is 0.340 e. The summed E-state index contributed by atoms with van der Waals surface area (Å²) in [6.45, 7) is 3.05. The van der Waals surface area contributed by atoms with Crippen LogP contribution >= 0.6 is 0 Å². The fourth-order valence-corrected chi connectivity index (χ4v) is 1.50. The summed E-state index contributed by atoms with van der Waals surface area (Å²) < 4.78 is 29.0. The summed E-state index contributed by atoms with van der Waals surface area (Å²) in [4.78, 5) is 5.87. The smallest absolute Gasteiger partial charge is 0.243 e. The fraction of sp³-hybridized carbons (Fsp3) is 0.750. The van der Waals surface area contributed by atoms with Gasteiger partial charge in [0, 0.05) is 25.9 Å². The van der Waals surface area contributed by atoms with Crippen molar-refractivity contribution in [3.8, 4) is 0 Å². The highest BCUT2D eigenvalue weighted by molar-refractivity contribution is 4.89. The van der Waals surface area contributed by atoms with Crippen molar-refractivity contribution in [1.82, 2.24) is 15.0 Å². The predicted octanol–water partition coefficient (Wildman–Crippen LogP) is 1.07. The second kappa shape index (κ2) is 3.61. The maximum Gasteiger partial charge on any atom is 0.243 e. The van der Waals surface area contributed by atoms with Crippen molar-refractivity contribution in [1.29, 1.82) is 0 Å². The zero-order valence-electron chi connectivity index (χ0n) is 7.78. The molecule has 0 atom stereocenters. The van der Waals surface area contributed by atoms with E-state index in [9.17, 15) is 8.78 Å². The molecule has 4 nitrogen and oxygen atoms in total. The molecule has 1 aliphatic rings. The number of nitrogens with zero attached hydrogens (tertiary/aromatic N) is 3. The Morgan fingerprint density at radius 1 is 1.57 bits per heavy atom. The number of halogens is 2. The quantitative estimate of drug-likeness (QED) is 0.737. The summed E-state index contributed by atoms with van der Waals surface area (Å²) in [5, 5.41) is 3.69. The first kappa shape index (κ1) is 9.51. The number of alkyl halides is 2. The number of hydrogen-bond donors (Lipinski definition) is 0. The first-order valence-corrected chi connectivity index (χ1v) is 4.45. The van der Waals surface area contributed by atoms with Crippen LogP contribution in [0.25, 0.3) is 0 Å². The highest BCUT2D eigenvalue weighted by Gasteiger charge is 2.34. The van der Waals surface area contributed by atoms with Gasteiger partial charge in [-0.15, -0.1) is 0 Å². The van der Waals surface area contributed by atoms with E-state index in [1.807, 2.05) is 4.90 Å². The van der Waals surface area contributed by atoms with Crippen molar-refractivity contribution in [2.75, 3.05) is 13.1 Å². The Kier molecular flexibility index (Phi) is 2.45. The third-order valence-corrected chi connectivity index (χ3v) is 2.28. The van der Waals surface area contributed by atoms with Crippen molar-refractivity contribution in [2.45, 2.75) is 19.9 Å². The molecule has 1 saturated heterocycles. The molecule has 0 saturated carbocycles. The molecule has 2 rings (SSSR count). The van der Waals surface area contributed by atoms with Crippen LogP contribution in [0.2, 0.25) is 0 Å². The molecular formula is C8H11F2N3O. The van der Waals surface area contributed by atoms with E-state index in [0.29, 0.717) is 31.3 Å². The lowest BCUT2D eigenvalue weighted by molar-refractivity contribution is -0.0291. The van der Waals surface area contributed by atoms with Gasteiger partial charge in [-0.1, -0.05) is 5.16 Å². The number of rotatable bonds is 3. The second-order valence-corrected chi connectivity index (χ2v) is 3.52. The van der Waals surface area contributed by atoms with Crippen LogP contribution < -0.4 is 0 Å². The van der Waals surface area contributed by atoms with Crippen LogP contribution in [-0.2, 0) is 6.54 Å². The van der Waals surface area contributed by atoms with Gasteiger partial charge in [0.25, 0.3) is 0 Å². The standard InChI is InChI=1S/C8H11F2N3O/c1-5-11-7(12-14-5)4-13-2-6(3-13)8(9)10/h6,8H,2-4H2,1H3. The van der Waals surface area contributed by atoms with Gasteiger partial charge in [0.1, 0.15) is 0 Å². The highest BCUT2D eigenvalue weighted by Crippen LogP contribution is 2.23. The monoisotopic (exact) mass is 203 g/mol. The molecule has 0 unspecified atom stereocenters. The van der Waals surface area contributed by atoms with Crippen LogP contribution in [-0.4, -0.2) is 34.6 Å². The van der Waals surface area contributed by atoms with E-state index < -0.39 is 12.3 Å². The first-order chi connectivity index (χ1) is 6.65. The molecule has 2 heterocycles. The molecule has 6 heteroatoms. The SMILES string of the molecule is Cc1nc(CN2CC(C(F)F)C2)no1. The minimum Gasteiger partial charge on any atom is -0.340 e. The number of aryl methyl sites for hydroxylation is 1. The lowest BCUT2D eigenvalue weighted by Crippen LogP contribution is -2.49. The van der Waals surface area contributed by atoms with Crippen molar-refractivity contribution < 1.29 is 13.3 Å². The average Bonchev–Trinajstić information content (AvgIpc) is 2.42. The molecule has 0 aliphatic carbocycles. The van der Waals surface area contributed by atoms with E-state index in [4.69, 9.17) is 4.52 Å². The van der Waals surface area contributed by atoms with Gasteiger partial charge >= 0.3 is 0 Å². The van der Waals surface area contributed by atoms with Crippen molar-refractivity contribution in [3.63, 3.8) is 0 Å². The molecule has 1 aromatic rings. The van der Waals surface area contributed by atoms with Gasteiger partial charge < -0.3 is 4.52 Å². The molecule has 0 spiro atoms. The van der Waals surface area contributed by atoms with E-state index in [1.165, 1.54) is 0 Å². The van der Waals surface area contributed by atoms with E-state index in [-0.39, 0.29) is 0 Å². The van der Waals surface area contributed by atoms with Crippen molar-refractivity contribution in [3.05, 3.63) is 11.7 Å². The summed E-state index contributed by atoms with van der Waals surface area (Å²) in [6, 6.07) is 0. The van der Waals surface area contributed by atoms with Crippen LogP contribution in [0.3, 0.4) is 0 Å². The van der Waals surface area contributed by atoms with Gasteiger partial charge in [-0.05, 0) is 0 Å². The van der Waals surface area contributed by atoms with Gasteiger partial charge in [0.15, 0.2) is 5.82 Å². The minimum absolute atomic E-state index is 0.422. The molecule has 0 radical (unpaired) electrons. The Balaban J connectivity index is 1.79. The van der Waals surface area contributed by atoms with Gasteiger partial charge in [0.05, 0.1) is 6.54 Å². The lowest BCUT2D eigenvalue weighted by atomic mass is 10.0. The zero-order chi connectivity index (χ0) is 10.1. The average molecular weight is 203 g/mol. The fourth-order valence-electron chi connectivity index (χ4n) is 1.50. The Bertz CT molecular complexity index is 309. The molecular weight excluding hydrogens is 192 g/mol. The molecule has 0 bridgehead atoms. The first-order valence-electron chi connectivity index (χ1n) is 4.45. The van der Waals surface area contributed by atoms with Gasteiger partial charge in [-0.25, -0.2) is 8.78 Å². The minimum atomic E-state index is -2.21. The zero-order valence-corrected chi connectivity index (χ0v) is 7.78. The molecule has 0 N–H and O–H groups in total. The molecule has 14 heavy (non-hydrogen) atoms. The third kappa shape index (κ3) is 1.89. The van der Waals surface area contributed by atoms with Crippen molar-refractivity contribution >= 4 is 0 Å². The summed E-state index contributed by atoms with van der Waals surface area (Å²) in [7, 11) is 0. The maximum absolute atomic E-state index is 12.1. The van der Waals surface area contributed by atoms with Crippen LogP contribution in [0.15, 0.2) is 4.52 Å². The second-order valence-electron chi connectivity index (χ2n) is 3.52. The molecule has 1 aliphatic heterocycles. The Morgan fingerprint density at radius 2 is 2.29 bits per heavy atom. The van der Waals surface area contributed by atoms with E-state index in [2.05, 4.69) is 10.1 Å². The molecule has 78 valence electrons. The summed E-state index contributed by atoms with van der Waals surface area (Å²) >= 11 is 0. The summed E-state index contributed by atoms with van der Waals surface area (Å²) in [5.74, 6) is 0.587. The highest BCUT2D eigenvalue weighted by atomic mass is 19.3. The molecule has 0 amide bonds. The number of likely N-dealkylation sites (tertiary alicyclic amines) is 1. The number of aromatic nitrogens is 2. The summed E-state index contributed by atoms with van der Waals surface area (Å²) in [6.07, 6.45) is -2.21. The third-order valence-electron chi connectivity index (χ3n) is 2.28. The topological polar surface area (TPSA) is 42.2 Å². The normalized spacial score (nSPS) is 18.9. The Labute approximate surface area is 79.9 Å². The van der Waals surface area contributed by atoms with Crippen LogP contribution in [0.1, 0.15) is 11.7 Å². The summed E-state index contributed by atoms with van der Waals surface area (Å²) in [5.41, 5.74) is 0. The van der Waals surface area contributed by atoms with Gasteiger partial charge in [-0.2, -0.15) is 4.98 Å². The van der Waals surface area contributed by atoms with Gasteiger partial charge in [-0.3, -0.25) is 4.90 Å². The molecule has 0 aromatic carbocycles. The number of hydrogen-bond acceptors (Lipinski definition) is 4.